The Hall–Kier alpha value is -1.67. The van der Waals surface area contributed by atoms with E-state index in [1.54, 1.807) is 6.20 Å². The maximum atomic E-state index is 5.58. The average molecular weight is 184 g/mol. The number of benzene rings is 1. The summed E-state index contributed by atoms with van der Waals surface area (Å²) in [5, 5.41) is 2.29. The molecule has 0 aliphatic rings. The lowest BCUT2D eigenvalue weighted by Crippen LogP contribution is -2.01. The molecule has 0 radical (unpaired) electrons. The molecule has 0 atom stereocenters. The fourth-order valence-corrected chi connectivity index (χ4v) is 1.54. The van der Waals surface area contributed by atoms with Crippen LogP contribution in [0.4, 0.5) is 0 Å². The van der Waals surface area contributed by atoms with Crippen LogP contribution in [0.25, 0.3) is 16.3 Å². The smallest absolute Gasteiger partial charge is 0.0346 e. The lowest BCUT2D eigenvalue weighted by molar-refractivity contribution is 1.27. The number of rotatable bonds is 2. The third kappa shape index (κ3) is 1.40. The van der Waals surface area contributed by atoms with Crippen molar-refractivity contribution in [2.24, 2.45) is 5.73 Å². The van der Waals surface area contributed by atoms with Crippen molar-refractivity contribution in [1.82, 2.24) is 4.98 Å². The predicted octanol–water partition coefficient (Wildman–Crippen LogP) is 2.21. The summed E-state index contributed by atoms with van der Waals surface area (Å²) in [6, 6.07) is 8.07. The maximum absolute atomic E-state index is 5.58. The first kappa shape index (κ1) is 8.91. The summed E-state index contributed by atoms with van der Waals surface area (Å²) in [5.41, 5.74) is 7.66. The molecule has 2 heteroatoms. The third-order valence-electron chi connectivity index (χ3n) is 2.31. The minimum absolute atomic E-state index is 0.488. The minimum atomic E-state index is 0.488. The van der Waals surface area contributed by atoms with E-state index < -0.39 is 0 Å². The van der Waals surface area contributed by atoms with Crippen LogP contribution in [0.3, 0.4) is 0 Å². The standard InChI is InChI=1S/C12H12N2/c1-9(7-13)11-4-2-3-10-8-14-6-5-12(10)11/h2-6,8H,1,7,13H2. The van der Waals surface area contributed by atoms with Crippen molar-refractivity contribution in [3.05, 3.63) is 48.8 Å². The van der Waals surface area contributed by atoms with E-state index in [-0.39, 0.29) is 0 Å². The highest BCUT2D eigenvalue weighted by atomic mass is 14.6. The summed E-state index contributed by atoms with van der Waals surface area (Å²) >= 11 is 0. The van der Waals surface area contributed by atoms with E-state index in [9.17, 15) is 0 Å². The van der Waals surface area contributed by atoms with Gasteiger partial charge in [-0.15, -0.1) is 0 Å². The van der Waals surface area contributed by atoms with Gasteiger partial charge in [0, 0.05) is 24.3 Å². The van der Waals surface area contributed by atoms with Gasteiger partial charge >= 0.3 is 0 Å². The van der Waals surface area contributed by atoms with Gasteiger partial charge in [-0.2, -0.15) is 0 Å². The van der Waals surface area contributed by atoms with Gasteiger partial charge in [0.1, 0.15) is 0 Å². The van der Waals surface area contributed by atoms with Crippen molar-refractivity contribution in [2.45, 2.75) is 0 Å². The zero-order valence-electron chi connectivity index (χ0n) is 7.90. The van der Waals surface area contributed by atoms with Crippen LogP contribution in [0, 0.1) is 0 Å². The molecule has 2 rings (SSSR count). The van der Waals surface area contributed by atoms with Crippen molar-refractivity contribution in [2.75, 3.05) is 6.54 Å². The molecular weight excluding hydrogens is 172 g/mol. The van der Waals surface area contributed by atoms with E-state index in [1.165, 1.54) is 0 Å². The molecule has 70 valence electrons. The Balaban J connectivity index is 2.71. The second-order valence-electron chi connectivity index (χ2n) is 3.21. The Kier molecular flexibility index (Phi) is 2.29. The normalized spacial score (nSPS) is 10.4. The van der Waals surface area contributed by atoms with Crippen molar-refractivity contribution in [3.63, 3.8) is 0 Å². The molecular formula is C12H12N2. The number of pyridine rings is 1. The first-order valence-electron chi connectivity index (χ1n) is 4.54. The predicted molar refractivity (Wildman–Crippen MR) is 59.8 cm³/mol. The van der Waals surface area contributed by atoms with Gasteiger partial charge in [0.25, 0.3) is 0 Å². The van der Waals surface area contributed by atoms with Crippen LogP contribution in [0.5, 0.6) is 0 Å². The van der Waals surface area contributed by atoms with E-state index in [0.717, 1.165) is 21.9 Å². The van der Waals surface area contributed by atoms with Gasteiger partial charge in [0.2, 0.25) is 0 Å². The van der Waals surface area contributed by atoms with E-state index in [1.807, 2.05) is 30.5 Å². The molecule has 2 nitrogen and oxygen atoms in total. The molecule has 2 N–H and O–H groups in total. The van der Waals surface area contributed by atoms with Crippen LogP contribution < -0.4 is 5.73 Å². The van der Waals surface area contributed by atoms with Crippen molar-refractivity contribution >= 4 is 16.3 Å². The van der Waals surface area contributed by atoms with E-state index in [2.05, 4.69) is 11.6 Å². The molecule has 0 saturated heterocycles. The Morgan fingerprint density at radius 3 is 3.00 bits per heavy atom. The number of aromatic nitrogens is 1. The SMILES string of the molecule is C=C(CN)c1cccc2cnccc12. The summed E-state index contributed by atoms with van der Waals surface area (Å²) in [6.07, 6.45) is 3.64. The van der Waals surface area contributed by atoms with Crippen LogP contribution >= 0.6 is 0 Å². The third-order valence-corrected chi connectivity index (χ3v) is 2.31. The largest absolute Gasteiger partial charge is 0.326 e. The van der Waals surface area contributed by atoms with Gasteiger partial charge in [-0.05, 0) is 22.6 Å². The number of nitrogens with two attached hydrogens (primary N) is 1. The Labute approximate surface area is 83.1 Å². The zero-order chi connectivity index (χ0) is 9.97. The lowest BCUT2D eigenvalue weighted by Gasteiger charge is -2.06. The molecule has 1 aromatic heterocycles. The second kappa shape index (κ2) is 3.60. The Bertz CT molecular complexity index is 469. The first-order valence-corrected chi connectivity index (χ1v) is 4.54. The van der Waals surface area contributed by atoms with E-state index >= 15 is 0 Å². The van der Waals surface area contributed by atoms with Gasteiger partial charge in [-0.1, -0.05) is 24.8 Å². The highest BCUT2D eigenvalue weighted by Gasteiger charge is 2.01. The fraction of sp³-hybridized carbons (Fsp3) is 0.0833. The summed E-state index contributed by atoms with van der Waals surface area (Å²) in [7, 11) is 0. The first-order chi connectivity index (χ1) is 6.83. The number of hydrogen-bond acceptors (Lipinski definition) is 2. The topological polar surface area (TPSA) is 38.9 Å². The minimum Gasteiger partial charge on any atom is -0.326 e. The number of hydrogen-bond donors (Lipinski definition) is 1. The van der Waals surface area contributed by atoms with Crippen LogP contribution in [-0.2, 0) is 0 Å². The molecule has 1 heterocycles. The van der Waals surface area contributed by atoms with Gasteiger partial charge in [0.15, 0.2) is 0 Å². The fourth-order valence-electron chi connectivity index (χ4n) is 1.54. The van der Waals surface area contributed by atoms with Crippen LogP contribution in [0.2, 0.25) is 0 Å². The Morgan fingerprint density at radius 2 is 2.21 bits per heavy atom. The molecule has 0 unspecified atom stereocenters. The van der Waals surface area contributed by atoms with Crippen molar-refractivity contribution < 1.29 is 0 Å². The molecule has 0 spiro atoms. The van der Waals surface area contributed by atoms with Crippen LogP contribution in [-0.4, -0.2) is 11.5 Å². The Morgan fingerprint density at radius 1 is 1.36 bits per heavy atom. The van der Waals surface area contributed by atoms with Crippen molar-refractivity contribution in [1.29, 1.82) is 0 Å². The van der Waals surface area contributed by atoms with Gasteiger partial charge in [0.05, 0.1) is 0 Å². The summed E-state index contributed by atoms with van der Waals surface area (Å²) in [4.78, 5) is 4.08. The van der Waals surface area contributed by atoms with Crippen molar-refractivity contribution in [3.8, 4) is 0 Å². The van der Waals surface area contributed by atoms with Gasteiger partial charge in [-0.3, -0.25) is 4.98 Å². The molecule has 1 aromatic carbocycles. The van der Waals surface area contributed by atoms with Gasteiger partial charge < -0.3 is 5.73 Å². The highest BCUT2D eigenvalue weighted by molar-refractivity contribution is 5.93. The average Bonchev–Trinajstić information content (AvgIpc) is 2.27. The monoisotopic (exact) mass is 184 g/mol. The quantitative estimate of drug-likeness (QED) is 0.777. The summed E-state index contributed by atoms with van der Waals surface area (Å²) < 4.78 is 0. The molecule has 0 saturated carbocycles. The van der Waals surface area contributed by atoms with E-state index in [4.69, 9.17) is 5.73 Å². The zero-order valence-corrected chi connectivity index (χ0v) is 7.90. The summed E-state index contributed by atoms with van der Waals surface area (Å²) in [6.45, 7) is 4.44. The van der Waals surface area contributed by atoms with Crippen LogP contribution in [0.15, 0.2) is 43.2 Å². The molecule has 0 aliphatic heterocycles. The molecule has 14 heavy (non-hydrogen) atoms. The van der Waals surface area contributed by atoms with Crippen LogP contribution in [0.1, 0.15) is 5.56 Å². The van der Waals surface area contributed by atoms with E-state index in [0.29, 0.717) is 6.54 Å². The lowest BCUT2D eigenvalue weighted by atomic mass is 10.0. The maximum Gasteiger partial charge on any atom is 0.0346 e. The van der Waals surface area contributed by atoms with Gasteiger partial charge in [-0.25, -0.2) is 0 Å². The number of nitrogens with zero attached hydrogens (tertiary/aromatic N) is 1. The molecule has 0 aliphatic carbocycles. The number of fused-ring (bicyclic) bond motifs is 1. The second-order valence-corrected chi connectivity index (χ2v) is 3.21. The molecule has 2 aromatic rings. The summed E-state index contributed by atoms with van der Waals surface area (Å²) in [5.74, 6) is 0. The molecule has 0 fully saturated rings. The molecule has 0 amide bonds. The highest BCUT2D eigenvalue weighted by Crippen LogP contribution is 2.22. The molecule has 0 bridgehead atoms.